The number of hydrogen-bond donors (Lipinski definition) is 2. The number of hydrogen-bond acceptors (Lipinski definition) is 3. The lowest BCUT2D eigenvalue weighted by molar-refractivity contribution is 0.199. The maximum absolute atomic E-state index is 4.87. The predicted octanol–water partition coefficient (Wildman–Crippen LogP) is 5.63. The quantitative estimate of drug-likeness (QED) is 0.414. The van der Waals surface area contributed by atoms with E-state index in [-0.39, 0.29) is 6.04 Å². The number of aryl methyl sites for hydroxylation is 2. The lowest BCUT2D eigenvalue weighted by Gasteiger charge is -2.36. The molecule has 0 aliphatic carbocycles. The standard InChI is InChI=1S/C25H28N4S/c1-4-23-26-16(2)22(27-23)15-29-14-13-20-19-7-5-6-8-21(19)28-24(20)25(29)17-9-11-18(30-3)12-10-17/h5-12,25,28H,4,13-15H2,1-3H3,(H,26,27). The van der Waals surface area contributed by atoms with Crippen LogP contribution in [0.1, 0.15) is 47.0 Å². The first-order valence-electron chi connectivity index (χ1n) is 10.7. The number of rotatable bonds is 5. The van der Waals surface area contributed by atoms with Gasteiger partial charge in [-0.15, -0.1) is 11.8 Å². The fourth-order valence-corrected chi connectivity index (χ4v) is 5.11. The lowest BCUT2D eigenvalue weighted by Crippen LogP contribution is -2.36. The van der Waals surface area contributed by atoms with Crippen molar-refractivity contribution >= 4 is 22.7 Å². The van der Waals surface area contributed by atoms with Gasteiger partial charge in [0.05, 0.1) is 11.7 Å². The zero-order valence-electron chi connectivity index (χ0n) is 17.8. The van der Waals surface area contributed by atoms with Gasteiger partial charge in [0.2, 0.25) is 0 Å². The summed E-state index contributed by atoms with van der Waals surface area (Å²) in [4.78, 5) is 16.0. The van der Waals surface area contributed by atoms with E-state index in [1.165, 1.54) is 38.3 Å². The van der Waals surface area contributed by atoms with E-state index in [2.05, 4.69) is 83.5 Å². The van der Waals surface area contributed by atoms with E-state index in [1.54, 1.807) is 11.8 Å². The maximum atomic E-state index is 4.87. The summed E-state index contributed by atoms with van der Waals surface area (Å²) in [7, 11) is 0. The molecule has 1 aliphatic rings. The molecule has 2 N–H and O–H groups in total. The van der Waals surface area contributed by atoms with Gasteiger partial charge in [0, 0.05) is 46.7 Å². The SMILES string of the molecule is CCc1nc(CN2CCc3c([nH]c4ccccc34)C2c2ccc(SC)cc2)c(C)[nH]1. The number of imidazole rings is 1. The number of benzene rings is 2. The summed E-state index contributed by atoms with van der Waals surface area (Å²) in [6, 6.07) is 18.0. The number of nitrogens with one attached hydrogen (secondary N) is 2. The normalized spacial score (nSPS) is 16.8. The highest BCUT2D eigenvalue weighted by Gasteiger charge is 2.32. The fraction of sp³-hybridized carbons (Fsp3) is 0.320. The van der Waals surface area contributed by atoms with Crippen LogP contribution < -0.4 is 0 Å². The maximum Gasteiger partial charge on any atom is 0.106 e. The van der Waals surface area contributed by atoms with Crippen LogP contribution in [0.25, 0.3) is 10.9 Å². The van der Waals surface area contributed by atoms with Gasteiger partial charge < -0.3 is 9.97 Å². The van der Waals surface area contributed by atoms with Crippen molar-refractivity contribution in [3.05, 3.63) is 82.6 Å². The topological polar surface area (TPSA) is 47.7 Å². The van der Waals surface area contributed by atoms with Gasteiger partial charge in [-0.25, -0.2) is 4.98 Å². The van der Waals surface area contributed by atoms with Gasteiger partial charge in [0.15, 0.2) is 0 Å². The molecule has 2 aromatic heterocycles. The van der Waals surface area contributed by atoms with E-state index in [0.29, 0.717) is 0 Å². The summed E-state index contributed by atoms with van der Waals surface area (Å²) in [5.74, 6) is 1.08. The van der Waals surface area contributed by atoms with E-state index in [4.69, 9.17) is 4.98 Å². The minimum absolute atomic E-state index is 0.207. The molecule has 4 aromatic rings. The van der Waals surface area contributed by atoms with E-state index >= 15 is 0 Å². The third-order valence-corrected chi connectivity index (χ3v) is 7.03. The Morgan fingerprint density at radius 3 is 2.63 bits per heavy atom. The Balaban J connectivity index is 1.59. The number of nitrogens with zero attached hydrogens (tertiary/aromatic N) is 2. The van der Waals surface area contributed by atoms with Gasteiger partial charge in [-0.1, -0.05) is 37.3 Å². The highest BCUT2D eigenvalue weighted by Crippen LogP contribution is 2.39. The molecule has 5 rings (SSSR count). The molecule has 0 radical (unpaired) electrons. The summed E-state index contributed by atoms with van der Waals surface area (Å²) < 4.78 is 0. The summed E-state index contributed by atoms with van der Waals surface area (Å²) in [5.41, 5.74) is 7.73. The highest BCUT2D eigenvalue weighted by molar-refractivity contribution is 7.98. The van der Waals surface area contributed by atoms with Gasteiger partial charge in [-0.3, -0.25) is 4.90 Å². The van der Waals surface area contributed by atoms with E-state index in [0.717, 1.165) is 37.4 Å². The Morgan fingerprint density at radius 1 is 1.10 bits per heavy atom. The predicted molar refractivity (Wildman–Crippen MR) is 125 cm³/mol. The molecule has 2 aromatic carbocycles. The minimum atomic E-state index is 0.207. The molecule has 0 saturated heterocycles. The molecule has 0 saturated carbocycles. The van der Waals surface area contributed by atoms with Crippen LogP contribution >= 0.6 is 11.8 Å². The van der Waals surface area contributed by atoms with Crippen molar-refractivity contribution in [2.24, 2.45) is 0 Å². The Bertz CT molecular complexity index is 1170. The molecule has 0 amide bonds. The number of aromatic nitrogens is 3. The summed E-state index contributed by atoms with van der Waals surface area (Å²) in [6.07, 6.45) is 4.12. The zero-order chi connectivity index (χ0) is 20.7. The summed E-state index contributed by atoms with van der Waals surface area (Å²) >= 11 is 1.79. The number of fused-ring (bicyclic) bond motifs is 3. The van der Waals surface area contributed by atoms with Crippen LogP contribution in [-0.2, 0) is 19.4 Å². The number of aromatic amines is 2. The van der Waals surface area contributed by atoms with Crippen molar-refractivity contribution in [2.45, 2.75) is 44.2 Å². The monoisotopic (exact) mass is 416 g/mol. The van der Waals surface area contributed by atoms with Gasteiger partial charge in [-0.05, 0) is 48.9 Å². The lowest BCUT2D eigenvalue weighted by atomic mass is 9.92. The molecule has 1 aliphatic heterocycles. The van der Waals surface area contributed by atoms with Crippen LogP contribution in [-0.4, -0.2) is 32.7 Å². The molecule has 4 nitrogen and oxygen atoms in total. The van der Waals surface area contributed by atoms with Gasteiger partial charge in [0.25, 0.3) is 0 Å². The molecular formula is C25H28N4S. The molecular weight excluding hydrogens is 388 g/mol. The molecule has 0 spiro atoms. The number of H-pyrrole nitrogens is 2. The van der Waals surface area contributed by atoms with Crippen molar-refractivity contribution in [1.82, 2.24) is 19.9 Å². The first-order valence-corrected chi connectivity index (χ1v) is 11.9. The molecule has 1 unspecified atom stereocenters. The summed E-state index contributed by atoms with van der Waals surface area (Å²) in [5, 5.41) is 1.36. The van der Waals surface area contributed by atoms with E-state index in [9.17, 15) is 0 Å². The second-order valence-corrected chi connectivity index (χ2v) is 8.95. The molecule has 3 heterocycles. The van der Waals surface area contributed by atoms with Gasteiger partial charge in [-0.2, -0.15) is 0 Å². The first kappa shape index (κ1) is 19.5. The molecule has 154 valence electrons. The van der Waals surface area contributed by atoms with Crippen molar-refractivity contribution in [3.63, 3.8) is 0 Å². The number of para-hydroxylation sites is 1. The average Bonchev–Trinajstić information content (AvgIpc) is 3.33. The molecule has 30 heavy (non-hydrogen) atoms. The van der Waals surface area contributed by atoms with Crippen LogP contribution in [0.3, 0.4) is 0 Å². The Morgan fingerprint density at radius 2 is 1.90 bits per heavy atom. The van der Waals surface area contributed by atoms with Crippen molar-refractivity contribution in [1.29, 1.82) is 0 Å². The Kier molecular flexibility index (Phi) is 5.17. The zero-order valence-corrected chi connectivity index (χ0v) is 18.6. The molecule has 0 fully saturated rings. The van der Waals surface area contributed by atoms with Crippen LogP contribution in [0, 0.1) is 6.92 Å². The smallest absolute Gasteiger partial charge is 0.106 e. The minimum Gasteiger partial charge on any atom is -0.357 e. The van der Waals surface area contributed by atoms with E-state index in [1.807, 2.05) is 0 Å². The summed E-state index contributed by atoms with van der Waals surface area (Å²) in [6.45, 7) is 6.17. The first-order chi connectivity index (χ1) is 14.7. The largest absolute Gasteiger partial charge is 0.357 e. The fourth-order valence-electron chi connectivity index (χ4n) is 4.70. The van der Waals surface area contributed by atoms with Gasteiger partial charge in [0.1, 0.15) is 5.82 Å². The van der Waals surface area contributed by atoms with Crippen LogP contribution in [0.15, 0.2) is 53.4 Å². The van der Waals surface area contributed by atoms with Crippen LogP contribution in [0.5, 0.6) is 0 Å². The van der Waals surface area contributed by atoms with E-state index < -0.39 is 0 Å². The van der Waals surface area contributed by atoms with Crippen molar-refractivity contribution in [3.8, 4) is 0 Å². The third-order valence-electron chi connectivity index (χ3n) is 6.29. The molecule has 0 bridgehead atoms. The average molecular weight is 417 g/mol. The van der Waals surface area contributed by atoms with Crippen LogP contribution in [0.2, 0.25) is 0 Å². The Hall–Kier alpha value is -2.50. The van der Waals surface area contributed by atoms with Crippen LogP contribution in [0.4, 0.5) is 0 Å². The van der Waals surface area contributed by atoms with Crippen molar-refractivity contribution in [2.75, 3.05) is 12.8 Å². The van der Waals surface area contributed by atoms with Gasteiger partial charge >= 0.3 is 0 Å². The number of thioether (sulfide) groups is 1. The highest BCUT2D eigenvalue weighted by atomic mass is 32.2. The molecule has 5 heteroatoms. The Labute approximate surface area is 182 Å². The second-order valence-electron chi connectivity index (χ2n) is 8.07. The second kappa shape index (κ2) is 7.97. The third kappa shape index (κ3) is 3.36. The van der Waals surface area contributed by atoms with Crippen molar-refractivity contribution < 1.29 is 0 Å². The molecule has 1 atom stereocenters.